The fraction of sp³-hybridized carbons (Fsp3) is 0.519. The number of amidine groups is 1. The van der Waals surface area contributed by atoms with E-state index in [1.807, 2.05) is 12.3 Å². The number of carbonyl (C=O) groups is 1. The Morgan fingerprint density at radius 1 is 1.06 bits per heavy atom. The Labute approximate surface area is 201 Å². The number of thioether (sulfide) groups is 1. The van der Waals surface area contributed by atoms with Gasteiger partial charge in [-0.2, -0.15) is 0 Å². The molecule has 0 unspecified atom stereocenters. The van der Waals surface area contributed by atoms with E-state index in [2.05, 4.69) is 46.5 Å². The molecule has 1 amide bonds. The molecule has 0 radical (unpaired) electrons. The highest BCUT2D eigenvalue weighted by Gasteiger charge is 2.39. The number of nitrogens with zero attached hydrogens (tertiary/aromatic N) is 4. The molecule has 0 N–H and O–H groups in total. The van der Waals surface area contributed by atoms with Gasteiger partial charge in [0.15, 0.2) is 5.17 Å². The second-order valence-electron chi connectivity index (χ2n) is 9.65. The quantitative estimate of drug-likeness (QED) is 0.492. The van der Waals surface area contributed by atoms with Crippen LogP contribution in [0, 0.1) is 13.8 Å². The topological polar surface area (TPSA) is 50.5 Å². The molecule has 3 aliphatic rings. The van der Waals surface area contributed by atoms with Crippen LogP contribution in [0.5, 0.6) is 0 Å². The molecule has 2 aliphatic carbocycles. The van der Waals surface area contributed by atoms with E-state index in [4.69, 9.17) is 4.99 Å². The third-order valence-corrected chi connectivity index (χ3v) is 8.30. The Bertz CT molecular complexity index is 1060. The average molecular weight is 463 g/mol. The van der Waals surface area contributed by atoms with Crippen LogP contribution in [0.3, 0.4) is 0 Å². The van der Waals surface area contributed by atoms with Gasteiger partial charge in [-0.05, 0) is 81.1 Å². The number of rotatable bonds is 4. The van der Waals surface area contributed by atoms with Crippen LogP contribution >= 0.6 is 11.8 Å². The number of aryl methyl sites for hydroxylation is 1. The van der Waals surface area contributed by atoms with Crippen molar-refractivity contribution in [1.82, 2.24) is 14.5 Å². The van der Waals surface area contributed by atoms with E-state index in [-0.39, 0.29) is 5.91 Å². The number of aromatic nitrogens is 2. The zero-order chi connectivity index (χ0) is 22.8. The number of aliphatic imine (C=N–C) groups is 1. The van der Waals surface area contributed by atoms with E-state index in [0.29, 0.717) is 12.1 Å². The summed E-state index contributed by atoms with van der Waals surface area (Å²) in [7, 11) is 0. The van der Waals surface area contributed by atoms with Crippen molar-refractivity contribution in [2.45, 2.75) is 90.1 Å². The summed E-state index contributed by atoms with van der Waals surface area (Å²) in [6, 6.07) is 6.87. The SMILES string of the molecule is Cc1cc(/C=C2\SC(=NC3CCCCC3)N(C3CCCCC3)C2=O)c(C)n1-c1cccnc1. The highest BCUT2D eigenvalue weighted by atomic mass is 32.2. The van der Waals surface area contributed by atoms with Crippen molar-refractivity contribution in [2.24, 2.45) is 4.99 Å². The maximum atomic E-state index is 13.7. The van der Waals surface area contributed by atoms with Crippen molar-refractivity contribution < 1.29 is 4.79 Å². The van der Waals surface area contributed by atoms with E-state index in [1.54, 1.807) is 18.0 Å². The van der Waals surface area contributed by atoms with Gasteiger partial charge in [-0.25, -0.2) is 0 Å². The first kappa shape index (κ1) is 22.5. The summed E-state index contributed by atoms with van der Waals surface area (Å²) >= 11 is 1.59. The van der Waals surface area contributed by atoms with Crippen LogP contribution in [-0.4, -0.2) is 37.6 Å². The third-order valence-electron chi connectivity index (χ3n) is 7.31. The number of hydrogen-bond acceptors (Lipinski definition) is 4. The van der Waals surface area contributed by atoms with Gasteiger partial charge in [0.2, 0.25) is 0 Å². The highest BCUT2D eigenvalue weighted by Crippen LogP contribution is 2.39. The predicted molar refractivity (Wildman–Crippen MR) is 137 cm³/mol. The maximum Gasteiger partial charge on any atom is 0.267 e. The van der Waals surface area contributed by atoms with Gasteiger partial charge in [-0.1, -0.05) is 38.5 Å². The van der Waals surface area contributed by atoms with Gasteiger partial charge in [0.05, 0.1) is 22.8 Å². The molecule has 2 aromatic heterocycles. The van der Waals surface area contributed by atoms with Crippen LogP contribution in [-0.2, 0) is 4.79 Å². The largest absolute Gasteiger partial charge is 0.316 e. The highest BCUT2D eigenvalue weighted by molar-refractivity contribution is 8.18. The molecule has 2 saturated carbocycles. The second-order valence-corrected chi connectivity index (χ2v) is 10.7. The lowest BCUT2D eigenvalue weighted by Gasteiger charge is -2.31. The fourth-order valence-corrected chi connectivity index (χ4v) is 6.66. The molecule has 0 spiro atoms. The van der Waals surface area contributed by atoms with Gasteiger partial charge >= 0.3 is 0 Å². The summed E-state index contributed by atoms with van der Waals surface area (Å²) in [6.45, 7) is 4.22. The molecule has 0 bridgehead atoms. The summed E-state index contributed by atoms with van der Waals surface area (Å²) in [5.74, 6) is 0.146. The smallest absolute Gasteiger partial charge is 0.267 e. The van der Waals surface area contributed by atoms with Crippen LogP contribution in [0.2, 0.25) is 0 Å². The van der Waals surface area contributed by atoms with Crippen molar-refractivity contribution in [2.75, 3.05) is 0 Å². The van der Waals surface area contributed by atoms with Crippen LogP contribution < -0.4 is 0 Å². The lowest BCUT2D eigenvalue weighted by Crippen LogP contribution is -2.41. The average Bonchev–Trinajstić information content (AvgIpc) is 3.30. The van der Waals surface area contributed by atoms with E-state index >= 15 is 0 Å². The zero-order valence-corrected chi connectivity index (χ0v) is 20.6. The van der Waals surface area contributed by atoms with Gasteiger partial charge in [-0.15, -0.1) is 0 Å². The van der Waals surface area contributed by atoms with E-state index in [9.17, 15) is 4.79 Å². The summed E-state index contributed by atoms with van der Waals surface area (Å²) in [5.41, 5.74) is 4.41. The molecule has 0 aromatic carbocycles. The Hall–Kier alpha value is -2.34. The first-order chi connectivity index (χ1) is 16.1. The number of hydrogen-bond donors (Lipinski definition) is 0. The van der Waals surface area contributed by atoms with Crippen molar-refractivity contribution in [1.29, 1.82) is 0 Å². The van der Waals surface area contributed by atoms with Crippen LogP contribution in [0.25, 0.3) is 11.8 Å². The van der Waals surface area contributed by atoms with Crippen molar-refractivity contribution in [3.8, 4) is 5.69 Å². The number of pyridine rings is 1. The Morgan fingerprint density at radius 3 is 2.48 bits per heavy atom. The molecule has 174 valence electrons. The molecular formula is C27H34N4OS. The van der Waals surface area contributed by atoms with Crippen molar-refractivity contribution >= 4 is 28.9 Å². The first-order valence-electron chi connectivity index (χ1n) is 12.5. The fourth-order valence-electron chi connectivity index (χ4n) is 5.56. The Balaban J connectivity index is 1.48. The lowest BCUT2D eigenvalue weighted by molar-refractivity contribution is -0.124. The van der Waals surface area contributed by atoms with E-state index in [1.165, 1.54) is 38.5 Å². The number of amides is 1. The third kappa shape index (κ3) is 4.68. The van der Waals surface area contributed by atoms with E-state index < -0.39 is 0 Å². The molecule has 6 heteroatoms. The number of carbonyl (C=O) groups excluding carboxylic acids is 1. The molecule has 1 saturated heterocycles. The molecule has 1 aliphatic heterocycles. The summed E-state index contributed by atoms with van der Waals surface area (Å²) in [5, 5.41) is 0.950. The molecule has 5 rings (SSSR count). The minimum absolute atomic E-state index is 0.146. The zero-order valence-electron chi connectivity index (χ0n) is 19.8. The normalized spacial score (nSPS) is 23.2. The Morgan fingerprint density at radius 2 is 1.79 bits per heavy atom. The van der Waals surface area contributed by atoms with Crippen LogP contribution in [0.1, 0.15) is 81.2 Å². The minimum Gasteiger partial charge on any atom is -0.316 e. The van der Waals surface area contributed by atoms with Gasteiger partial charge in [0, 0.05) is 23.6 Å². The summed E-state index contributed by atoms with van der Waals surface area (Å²) < 4.78 is 2.21. The van der Waals surface area contributed by atoms with E-state index in [0.717, 1.165) is 58.4 Å². The van der Waals surface area contributed by atoms with Gasteiger partial charge in [0.1, 0.15) is 0 Å². The lowest BCUT2D eigenvalue weighted by atomic mass is 9.94. The van der Waals surface area contributed by atoms with Crippen molar-refractivity contribution in [3.05, 3.63) is 52.4 Å². The van der Waals surface area contributed by atoms with Gasteiger partial charge in [-0.3, -0.25) is 19.7 Å². The molecule has 33 heavy (non-hydrogen) atoms. The molecular weight excluding hydrogens is 428 g/mol. The summed E-state index contributed by atoms with van der Waals surface area (Å²) in [6.07, 6.45) is 17.8. The van der Waals surface area contributed by atoms with Gasteiger partial charge < -0.3 is 4.57 Å². The maximum absolute atomic E-state index is 13.7. The van der Waals surface area contributed by atoms with Crippen molar-refractivity contribution in [3.63, 3.8) is 0 Å². The predicted octanol–water partition coefficient (Wildman–Crippen LogP) is 6.43. The first-order valence-corrected chi connectivity index (χ1v) is 13.3. The Kier molecular flexibility index (Phi) is 6.72. The second kappa shape index (κ2) is 9.88. The molecule has 0 atom stereocenters. The van der Waals surface area contributed by atoms with Crippen LogP contribution in [0.4, 0.5) is 0 Å². The molecule has 2 aromatic rings. The molecule has 3 heterocycles. The molecule has 3 fully saturated rings. The molecule has 5 nitrogen and oxygen atoms in total. The monoisotopic (exact) mass is 462 g/mol. The van der Waals surface area contributed by atoms with Gasteiger partial charge in [0.25, 0.3) is 5.91 Å². The summed E-state index contributed by atoms with van der Waals surface area (Å²) in [4.78, 5) is 26.0. The standard InChI is InChI=1S/C27H34N4OS/c1-19-16-21(20(2)30(19)24-14-9-15-28-18-24)17-25-26(32)31(23-12-7-4-8-13-23)27(33-25)29-22-10-5-3-6-11-22/h9,14-18,22-23H,3-8,10-13H2,1-2H3/b25-17-,29-27?. The minimum atomic E-state index is 0.146. The van der Waals surface area contributed by atoms with Crippen LogP contribution in [0.15, 0.2) is 40.5 Å².